The minimum Gasteiger partial charge on any atom is -0.634 e. The number of piperidine rings is 1. The lowest BCUT2D eigenvalue weighted by Crippen LogP contribution is -3.08. The molecule has 1 aliphatic heterocycles. The molecule has 15 heteroatoms. The van der Waals surface area contributed by atoms with E-state index in [9.17, 15) is 22.8 Å². The summed E-state index contributed by atoms with van der Waals surface area (Å²) in [5, 5.41) is 17.1. The van der Waals surface area contributed by atoms with Crippen LogP contribution < -0.4 is 24.8 Å². The number of rotatable bonds is 7. The molecule has 0 aliphatic carbocycles. The van der Waals surface area contributed by atoms with Gasteiger partial charge >= 0.3 is 0 Å². The number of amides is 1. The number of hydrogen-bond acceptors (Lipinski definition) is 6. The van der Waals surface area contributed by atoms with Gasteiger partial charge in [-0.05, 0) is 60.7 Å². The van der Waals surface area contributed by atoms with Crippen LogP contribution in [0.1, 0.15) is 33.6 Å². The van der Waals surface area contributed by atoms with Crippen LogP contribution in [-0.2, 0) is 14.8 Å². The summed E-state index contributed by atoms with van der Waals surface area (Å²) in [5.74, 6) is -1.93. The highest BCUT2D eigenvalue weighted by atomic mass is 35.5. The van der Waals surface area contributed by atoms with Crippen LogP contribution in [0.15, 0.2) is 35.2 Å². The topological polar surface area (TPSA) is 124 Å². The maximum atomic E-state index is 13.7. The number of carbonyl (C=O) groups is 1. The number of halogens is 3. The standard InChI is InChI=1S/C25H33Cl2FN4O5S2Si/c1-25(2,3)40(4,5)37-21-20(30-24(38)29-19-8-6-16(28)14-18(19)27)9-7-17(26)22(21)39(35,36)31-23(33)15-10-12-32(34)13-11-15/h6-9,14-15,32H,10-13H2,1-5H3,(H,31,33)(H2,29,30,38). The zero-order chi connectivity index (χ0) is 30.0. The summed E-state index contributed by atoms with van der Waals surface area (Å²) in [6.07, 6.45) is 0.545. The van der Waals surface area contributed by atoms with E-state index in [1.807, 2.05) is 33.9 Å². The fourth-order valence-electron chi connectivity index (χ4n) is 3.73. The first-order valence-electron chi connectivity index (χ1n) is 12.5. The van der Waals surface area contributed by atoms with Crippen LogP contribution in [-0.4, -0.2) is 40.8 Å². The van der Waals surface area contributed by atoms with Crippen molar-refractivity contribution in [3.8, 4) is 5.75 Å². The zero-order valence-electron chi connectivity index (χ0n) is 22.8. The lowest BCUT2D eigenvalue weighted by Gasteiger charge is -2.37. The molecule has 1 fully saturated rings. The Morgan fingerprint density at radius 1 is 1.10 bits per heavy atom. The molecule has 1 aliphatic rings. The minimum absolute atomic E-state index is 0.0233. The molecule has 220 valence electrons. The van der Waals surface area contributed by atoms with Crippen molar-refractivity contribution in [2.75, 3.05) is 23.7 Å². The van der Waals surface area contributed by atoms with E-state index < -0.39 is 40.9 Å². The highest BCUT2D eigenvalue weighted by Gasteiger charge is 2.42. The van der Waals surface area contributed by atoms with Gasteiger partial charge in [0.15, 0.2) is 5.11 Å². The third-order valence-corrected chi connectivity index (χ3v) is 13.8. The number of hydroxylamine groups is 2. The van der Waals surface area contributed by atoms with Gasteiger partial charge in [0.25, 0.3) is 18.3 Å². The van der Waals surface area contributed by atoms with Gasteiger partial charge in [-0.3, -0.25) is 4.79 Å². The molecule has 2 aromatic carbocycles. The Morgan fingerprint density at radius 3 is 2.25 bits per heavy atom. The summed E-state index contributed by atoms with van der Waals surface area (Å²) >= 11 is 18.0. The lowest BCUT2D eigenvalue weighted by molar-refractivity contribution is -0.854. The molecule has 4 N–H and O–H groups in total. The summed E-state index contributed by atoms with van der Waals surface area (Å²) in [7, 11) is -7.19. The second kappa shape index (κ2) is 12.5. The molecule has 9 nitrogen and oxygen atoms in total. The molecule has 0 aromatic heterocycles. The number of carbonyl (C=O) groups excluding carboxylic acids is 1. The molecule has 3 rings (SSSR count). The van der Waals surface area contributed by atoms with Gasteiger partial charge in [-0.2, -0.15) is 0 Å². The smallest absolute Gasteiger partial charge is 0.269 e. The first kappa shape index (κ1) is 32.5. The average molecular weight is 652 g/mol. The van der Waals surface area contributed by atoms with E-state index in [1.165, 1.54) is 24.3 Å². The van der Waals surface area contributed by atoms with E-state index in [2.05, 4.69) is 15.4 Å². The summed E-state index contributed by atoms with van der Waals surface area (Å²) in [6, 6.07) is 6.61. The van der Waals surface area contributed by atoms with Crippen molar-refractivity contribution >= 4 is 76.2 Å². The Kier molecular flexibility index (Phi) is 10.1. The molecule has 0 atom stereocenters. The van der Waals surface area contributed by atoms with Crippen molar-refractivity contribution in [3.63, 3.8) is 0 Å². The number of hydrogen-bond donors (Lipinski definition) is 4. The van der Waals surface area contributed by atoms with Gasteiger partial charge in [0.1, 0.15) is 16.5 Å². The molecule has 1 heterocycles. The van der Waals surface area contributed by atoms with Crippen molar-refractivity contribution in [3.05, 3.63) is 51.4 Å². The van der Waals surface area contributed by atoms with Gasteiger partial charge < -0.3 is 25.3 Å². The van der Waals surface area contributed by atoms with Gasteiger partial charge in [0, 0.05) is 18.8 Å². The number of anilines is 2. The van der Waals surface area contributed by atoms with E-state index in [4.69, 9.17) is 39.8 Å². The molecule has 0 saturated carbocycles. The first-order chi connectivity index (χ1) is 18.4. The van der Waals surface area contributed by atoms with E-state index in [0.29, 0.717) is 5.69 Å². The first-order valence-corrected chi connectivity index (χ1v) is 18.1. The lowest BCUT2D eigenvalue weighted by atomic mass is 9.97. The SMILES string of the molecule is CC(C)(C)[Si](C)(C)Oc1c(NC(=S)Nc2ccc(F)cc2Cl)ccc(Cl)c1S(=O)(=O)NC(=O)C1CC[NH+]([O-])CC1. The van der Waals surface area contributed by atoms with Gasteiger partial charge in [0.05, 0.1) is 34.5 Å². The maximum absolute atomic E-state index is 13.7. The molecule has 0 spiro atoms. The van der Waals surface area contributed by atoms with Gasteiger partial charge in [-0.1, -0.05) is 44.0 Å². The van der Waals surface area contributed by atoms with Crippen LogP contribution in [0.25, 0.3) is 0 Å². The predicted octanol–water partition coefficient (Wildman–Crippen LogP) is 4.92. The third-order valence-electron chi connectivity index (χ3n) is 7.07. The Hall–Kier alpha value is -2.00. The molecular weight excluding hydrogens is 618 g/mol. The molecular formula is C25H33Cl2FN4O5S2Si. The fourth-order valence-corrected chi connectivity index (χ4v) is 6.98. The minimum atomic E-state index is -4.52. The average Bonchev–Trinajstić information content (AvgIpc) is 2.81. The third kappa shape index (κ3) is 7.84. The monoisotopic (exact) mass is 650 g/mol. The fraction of sp³-hybridized carbons (Fsp3) is 0.440. The molecule has 1 amide bonds. The molecule has 0 unspecified atom stereocenters. The molecule has 2 aromatic rings. The van der Waals surface area contributed by atoms with Crippen LogP contribution >= 0.6 is 35.4 Å². The molecule has 40 heavy (non-hydrogen) atoms. The van der Waals surface area contributed by atoms with Gasteiger partial charge in [0.2, 0.25) is 5.91 Å². The number of nitrogens with one attached hydrogen (secondary N) is 4. The molecule has 0 radical (unpaired) electrons. The maximum Gasteiger partial charge on any atom is 0.269 e. The van der Waals surface area contributed by atoms with Crippen molar-refractivity contribution < 1.29 is 27.1 Å². The Balaban J connectivity index is 2.02. The zero-order valence-corrected chi connectivity index (χ0v) is 26.9. The normalized spacial score (nSPS) is 18.1. The predicted molar refractivity (Wildman–Crippen MR) is 163 cm³/mol. The second-order valence-corrected chi connectivity index (χ2v) is 18.7. The number of sulfonamides is 1. The Bertz CT molecular complexity index is 1400. The summed E-state index contributed by atoms with van der Waals surface area (Å²) < 4.78 is 49.4. The number of thiocarbonyl (C=S) groups is 1. The Labute approximate surface area is 250 Å². The highest BCUT2D eigenvalue weighted by Crippen LogP contribution is 2.44. The highest BCUT2D eigenvalue weighted by molar-refractivity contribution is 7.90. The summed E-state index contributed by atoms with van der Waals surface area (Å²) in [4.78, 5) is 12.5. The quantitative estimate of drug-likeness (QED) is 0.189. The second-order valence-electron chi connectivity index (χ2n) is 11.1. The van der Waals surface area contributed by atoms with Crippen LogP contribution in [0.4, 0.5) is 15.8 Å². The van der Waals surface area contributed by atoms with Crippen LogP contribution in [0.2, 0.25) is 28.2 Å². The van der Waals surface area contributed by atoms with Crippen molar-refractivity contribution in [2.24, 2.45) is 5.92 Å². The van der Waals surface area contributed by atoms with E-state index in [0.717, 1.165) is 6.07 Å². The van der Waals surface area contributed by atoms with Crippen LogP contribution in [0, 0.1) is 16.9 Å². The number of benzene rings is 2. The van der Waals surface area contributed by atoms with Gasteiger partial charge in [-0.15, -0.1) is 0 Å². The summed E-state index contributed by atoms with van der Waals surface area (Å²) in [5.41, 5.74) is 0.508. The van der Waals surface area contributed by atoms with Crippen molar-refractivity contribution in [1.29, 1.82) is 0 Å². The van der Waals surface area contributed by atoms with Crippen molar-refractivity contribution in [1.82, 2.24) is 4.72 Å². The molecule has 1 saturated heterocycles. The largest absolute Gasteiger partial charge is 0.634 e. The van der Waals surface area contributed by atoms with Crippen LogP contribution in [0.3, 0.4) is 0 Å². The van der Waals surface area contributed by atoms with Gasteiger partial charge in [-0.25, -0.2) is 17.5 Å². The Morgan fingerprint density at radius 2 is 1.68 bits per heavy atom. The summed E-state index contributed by atoms with van der Waals surface area (Å²) in [6.45, 7) is 10.3. The van der Waals surface area contributed by atoms with E-state index in [1.54, 1.807) is 0 Å². The van der Waals surface area contributed by atoms with E-state index in [-0.39, 0.29) is 62.6 Å². The molecule has 0 bridgehead atoms. The van der Waals surface area contributed by atoms with Crippen molar-refractivity contribution in [2.45, 2.75) is 56.6 Å². The van der Waals surface area contributed by atoms with E-state index >= 15 is 0 Å². The van der Waals surface area contributed by atoms with Crippen LogP contribution in [0.5, 0.6) is 5.75 Å². The number of quaternary nitrogens is 1.